The lowest BCUT2D eigenvalue weighted by molar-refractivity contribution is -0.117. The van der Waals surface area contributed by atoms with Crippen LogP contribution in [0.25, 0.3) is 0 Å². The van der Waals surface area contributed by atoms with Gasteiger partial charge in [0.05, 0.1) is 13.2 Å². The zero-order valence-corrected chi connectivity index (χ0v) is 6.67. The molecule has 0 heterocycles. The summed E-state index contributed by atoms with van der Waals surface area (Å²) in [6.45, 7) is 0.499. The van der Waals surface area contributed by atoms with Gasteiger partial charge in [0.1, 0.15) is 19.5 Å². The molecule has 0 aliphatic rings. The largest absolute Gasteiger partial charge is 0.372 e. The second-order valence-electron chi connectivity index (χ2n) is 1.65. The summed E-state index contributed by atoms with van der Waals surface area (Å²) in [5.41, 5.74) is 0. The van der Waals surface area contributed by atoms with Crippen molar-refractivity contribution in [3.05, 3.63) is 0 Å². The molecule has 0 aliphatic carbocycles. The average molecular weight is 181 g/mol. The number of ether oxygens (including phenoxy) is 2. The minimum absolute atomic E-state index is 0.0538. The van der Waals surface area contributed by atoms with Gasteiger partial charge in [-0.1, -0.05) is 0 Å². The minimum Gasteiger partial charge on any atom is -0.372 e. The molecule has 0 aromatic rings. The molecule has 0 radical (unpaired) electrons. The van der Waals surface area contributed by atoms with Gasteiger partial charge in [0.15, 0.2) is 0 Å². The van der Waals surface area contributed by atoms with Crippen molar-refractivity contribution in [1.82, 2.24) is 0 Å². The normalized spacial score (nSPS) is 9.55. The maximum atomic E-state index is 10.1. The van der Waals surface area contributed by atoms with Crippen LogP contribution in [0.5, 0.6) is 0 Å². The van der Waals surface area contributed by atoms with Crippen LogP contribution >= 0.6 is 11.6 Å². The third-order valence-electron chi connectivity index (χ3n) is 0.773. The summed E-state index contributed by atoms with van der Waals surface area (Å²) in [5, 5.41) is -0.541. The van der Waals surface area contributed by atoms with E-state index in [0.29, 0.717) is 12.9 Å². The van der Waals surface area contributed by atoms with Crippen molar-refractivity contribution in [3.8, 4) is 0 Å². The lowest BCUT2D eigenvalue weighted by Gasteiger charge is -1.99. The van der Waals surface area contributed by atoms with E-state index < -0.39 is 5.24 Å². The summed E-state index contributed by atoms with van der Waals surface area (Å²) in [4.78, 5) is 19.8. The Morgan fingerprint density at radius 2 is 2.00 bits per heavy atom. The number of carbonyl (C=O) groups excluding carboxylic acids is 2. The van der Waals surface area contributed by atoms with Crippen molar-refractivity contribution in [2.24, 2.45) is 0 Å². The third kappa shape index (κ3) is 9.55. The minimum atomic E-state index is -0.541. The van der Waals surface area contributed by atoms with Gasteiger partial charge in [0.2, 0.25) is 5.24 Å². The average Bonchev–Trinajstić information content (AvgIpc) is 1.96. The maximum absolute atomic E-state index is 10.1. The van der Waals surface area contributed by atoms with E-state index in [1.165, 1.54) is 0 Å². The van der Waals surface area contributed by atoms with Crippen LogP contribution in [0.4, 0.5) is 0 Å². The second-order valence-corrected chi connectivity index (χ2v) is 2.07. The molecule has 0 rings (SSSR count). The standard InChI is InChI=1S/C6H9ClO4/c7-6(9)5-11-4-3-10-2-1-8/h1H,2-5H2. The van der Waals surface area contributed by atoms with Crippen LogP contribution in [0.2, 0.25) is 0 Å². The number of halogens is 1. The molecule has 0 atom stereocenters. The molecule has 5 heteroatoms. The summed E-state index contributed by atoms with van der Waals surface area (Å²) in [6.07, 6.45) is 0.646. The van der Waals surface area contributed by atoms with Crippen molar-refractivity contribution in [3.63, 3.8) is 0 Å². The van der Waals surface area contributed by atoms with E-state index in [2.05, 4.69) is 0 Å². The molecule has 4 nitrogen and oxygen atoms in total. The number of rotatable bonds is 7. The topological polar surface area (TPSA) is 52.6 Å². The summed E-state index contributed by atoms with van der Waals surface area (Å²) in [6, 6.07) is 0. The van der Waals surface area contributed by atoms with E-state index in [-0.39, 0.29) is 19.8 Å². The van der Waals surface area contributed by atoms with Gasteiger partial charge in [-0.2, -0.15) is 0 Å². The predicted molar refractivity (Wildman–Crippen MR) is 38.6 cm³/mol. The van der Waals surface area contributed by atoms with E-state index in [0.717, 1.165) is 0 Å². The summed E-state index contributed by atoms with van der Waals surface area (Å²) >= 11 is 4.96. The van der Waals surface area contributed by atoms with Crippen LogP contribution in [-0.2, 0) is 19.1 Å². The maximum Gasteiger partial charge on any atom is 0.247 e. The summed E-state index contributed by atoms with van der Waals surface area (Å²) in [7, 11) is 0. The van der Waals surface area contributed by atoms with Crippen molar-refractivity contribution in [2.75, 3.05) is 26.4 Å². The first-order valence-electron chi connectivity index (χ1n) is 3.05. The molecule has 64 valence electrons. The fourth-order valence-electron chi connectivity index (χ4n) is 0.402. The zero-order chi connectivity index (χ0) is 8.53. The Balaban J connectivity index is 2.90. The van der Waals surface area contributed by atoms with Crippen molar-refractivity contribution >= 4 is 23.1 Å². The Morgan fingerprint density at radius 1 is 1.36 bits per heavy atom. The van der Waals surface area contributed by atoms with Gasteiger partial charge in [-0.15, -0.1) is 0 Å². The van der Waals surface area contributed by atoms with Gasteiger partial charge in [0, 0.05) is 0 Å². The van der Waals surface area contributed by atoms with Gasteiger partial charge >= 0.3 is 0 Å². The highest BCUT2D eigenvalue weighted by Crippen LogP contribution is 1.82. The first kappa shape index (κ1) is 10.6. The van der Waals surface area contributed by atoms with E-state index in [9.17, 15) is 9.59 Å². The Hall–Kier alpha value is -0.450. The Morgan fingerprint density at radius 3 is 2.55 bits per heavy atom. The molecule has 0 N–H and O–H groups in total. The fourth-order valence-corrected chi connectivity index (χ4v) is 0.479. The molecule has 0 aromatic heterocycles. The van der Waals surface area contributed by atoms with E-state index >= 15 is 0 Å². The third-order valence-corrected chi connectivity index (χ3v) is 0.883. The van der Waals surface area contributed by atoms with Crippen LogP contribution in [0.15, 0.2) is 0 Å². The van der Waals surface area contributed by atoms with Gasteiger partial charge in [-0.3, -0.25) is 4.79 Å². The fraction of sp³-hybridized carbons (Fsp3) is 0.667. The van der Waals surface area contributed by atoms with Gasteiger partial charge in [-0.05, 0) is 11.6 Å². The van der Waals surface area contributed by atoms with Crippen LogP contribution in [0.3, 0.4) is 0 Å². The highest BCUT2D eigenvalue weighted by atomic mass is 35.5. The van der Waals surface area contributed by atoms with E-state index in [1.54, 1.807) is 0 Å². The second kappa shape index (κ2) is 7.65. The predicted octanol–water partition coefficient (Wildman–Crippen LogP) is -0.0161. The first-order valence-corrected chi connectivity index (χ1v) is 3.42. The van der Waals surface area contributed by atoms with E-state index in [1.807, 2.05) is 0 Å². The first-order chi connectivity index (χ1) is 5.27. The SMILES string of the molecule is O=CCOCCOCC(=O)Cl. The number of aldehydes is 1. The number of hydrogen-bond donors (Lipinski definition) is 0. The quantitative estimate of drug-likeness (QED) is 0.314. The number of hydrogen-bond acceptors (Lipinski definition) is 4. The highest BCUT2D eigenvalue weighted by molar-refractivity contribution is 6.63. The summed E-state index contributed by atoms with van der Waals surface area (Å²) < 4.78 is 9.44. The molecule has 0 aromatic carbocycles. The van der Waals surface area contributed by atoms with Crippen LogP contribution in [-0.4, -0.2) is 38.0 Å². The molecule has 0 bridgehead atoms. The molecule has 0 spiro atoms. The molecule has 0 amide bonds. The van der Waals surface area contributed by atoms with Gasteiger partial charge < -0.3 is 14.3 Å². The molecule has 0 fully saturated rings. The Labute approximate surface area is 69.4 Å². The Bertz CT molecular complexity index is 126. The van der Waals surface area contributed by atoms with Crippen molar-refractivity contribution in [2.45, 2.75) is 0 Å². The monoisotopic (exact) mass is 180 g/mol. The number of carbonyl (C=O) groups is 2. The smallest absolute Gasteiger partial charge is 0.247 e. The Kier molecular flexibility index (Phi) is 7.34. The molecule has 11 heavy (non-hydrogen) atoms. The van der Waals surface area contributed by atoms with Crippen LogP contribution in [0, 0.1) is 0 Å². The van der Waals surface area contributed by atoms with Gasteiger partial charge in [-0.25, -0.2) is 0 Å². The van der Waals surface area contributed by atoms with Crippen molar-refractivity contribution < 1.29 is 19.1 Å². The molecule has 0 saturated heterocycles. The highest BCUT2D eigenvalue weighted by Gasteiger charge is 1.94. The summed E-state index contributed by atoms with van der Waals surface area (Å²) in [5.74, 6) is 0. The van der Waals surface area contributed by atoms with Gasteiger partial charge in [0.25, 0.3) is 0 Å². The zero-order valence-electron chi connectivity index (χ0n) is 5.92. The lowest BCUT2D eigenvalue weighted by atomic mass is 10.7. The molecule has 0 saturated carbocycles. The molecular formula is C6H9ClO4. The van der Waals surface area contributed by atoms with Crippen molar-refractivity contribution in [1.29, 1.82) is 0 Å². The molecule has 0 aliphatic heterocycles. The molecular weight excluding hydrogens is 172 g/mol. The lowest BCUT2D eigenvalue weighted by Crippen LogP contribution is -2.09. The van der Waals surface area contributed by atoms with E-state index in [4.69, 9.17) is 21.1 Å². The van der Waals surface area contributed by atoms with Crippen LogP contribution < -0.4 is 0 Å². The molecule has 0 unspecified atom stereocenters. The van der Waals surface area contributed by atoms with Crippen LogP contribution in [0.1, 0.15) is 0 Å².